The van der Waals surface area contributed by atoms with Gasteiger partial charge in [0.05, 0.1) is 24.6 Å². The van der Waals surface area contributed by atoms with Gasteiger partial charge in [-0.1, -0.05) is 11.6 Å². The second kappa shape index (κ2) is 3.53. The standard InChI is InChI=1S/C8H7ClN4/c9-8-5-10-7(4-11-8)6-13-3-1-2-12-13/h1-5H,6H2. The number of hydrogen-bond donors (Lipinski definition) is 0. The van der Waals surface area contributed by atoms with Crippen LogP contribution < -0.4 is 0 Å². The van der Waals surface area contributed by atoms with Crippen LogP contribution >= 0.6 is 11.6 Å². The summed E-state index contributed by atoms with van der Waals surface area (Å²) in [6, 6.07) is 1.86. The summed E-state index contributed by atoms with van der Waals surface area (Å²) in [4.78, 5) is 8.02. The van der Waals surface area contributed by atoms with Gasteiger partial charge in [0, 0.05) is 12.4 Å². The van der Waals surface area contributed by atoms with Gasteiger partial charge in [-0.15, -0.1) is 0 Å². The zero-order valence-electron chi connectivity index (χ0n) is 6.76. The van der Waals surface area contributed by atoms with Gasteiger partial charge < -0.3 is 0 Å². The number of nitrogens with zero attached hydrogens (tertiary/aromatic N) is 4. The lowest BCUT2D eigenvalue weighted by molar-refractivity contribution is 0.670. The summed E-state index contributed by atoms with van der Waals surface area (Å²) in [5.74, 6) is 0. The van der Waals surface area contributed by atoms with Crippen molar-refractivity contribution in [3.8, 4) is 0 Å². The Morgan fingerprint density at radius 2 is 2.23 bits per heavy atom. The summed E-state index contributed by atoms with van der Waals surface area (Å²) in [6.07, 6.45) is 6.77. The lowest BCUT2D eigenvalue weighted by atomic mass is 10.4. The number of aromatic nitrogens is 4. The quantitative estimate of drug-likeness (QED) is 0.726. The Bertz CT molecular complexity index is 368. The molecule has 5 heteroatoms. The second-order valence-electron chi connectivity index (χ2n) is 2.53. The molecule has 0 amide bonds. The van der Waals surface area contributed by atoms with Gasteiger partial charge in [-0.3, -0.25) is 9.67 Å². The van der Waals surface area contributed by atoms with Gasteiger partial charge in [-0.2, -0.15) is 5.10 Å². The maximum Gasteiger partial charge on any atom is 0.147 e. The molecule has 13 heavy (non-hydrogen) atoms. The van der Waals surface area contributed by atoms with Gasteiger partial charge in [-0.25, -0.2) is 4.98 Å². The highest BCUT2D eigenvalue weighted by Gasteiger charge is 1.96. The lowest BCUT2D eigenvalue weighted by Crippen LogP contribution is -2.02. The van der Waals surface area contributed by atoms with Crippen LogP contribution in [-0.4, -0.2) is 19.7 Å². The SMILES string of the molecule is Clc1cnc(Cn2cccn2)cn1. The molecule has 0 radical (unpaired) electrons. The van der Waals surface area contributed by atoms with E-state index in [0.717, 1.165) is 5.69 Å². The topological polar surface area (TPSA) is 43.6 Å². The van der Waals surface area contributed by atoms with Crippen LogP contribution in [-0.2, 0) is 6.54 Å². The van der Waals surface area contributed by atoms with Crippen LogP contribution in [0.2, 0.25) is 5.15 Å². The smallest absolute Gasteiger partial charge is 0.147 e. The number of halogens is 1. The average molecular weight is 195 g/mol. The molecule has 0 aliphatic carbocycles. The first-order chi connectivity index (χ1) is 6.34. The molecule has 4 nitrogen and oxygen atoms in total. The fourth-order valence-electron chi connectivity index (χ4n) is 0.981. The molecule has 0 saturated carbocycles. The van der Waals surface area contributed by atoms with E-state index in [9.17, 15) is 0 Å². The van der Waals surface area contributed by atoms with Gasteiger partial charge in [0.1, 0.15) is 5.15 Å². The number of rotatable bonds is 2. The minimum absolute atomic E-state index is 0.407. The van der Waals surface area contributed by atoms with Crippen LogP contribution in [0.25, 0.3) is 0 Å². The van der Waals surface area contributed by atoms with E-state index in [4.69, 9.17) is 11.6 Å². The van der Waals surface area contributed by atoms with Crippen LogP contribution in [0, 0.1) is 0 Å². The molecule has 0 aliphatic rings. The van der Waals surface area contributed by atoms with Gasteiger partial charge >= 0.3 is 0 Å². The van der Waals surface area contributed by atoms with Crippen molar-refractivity contribution in [3.05, 3.63) is 41.7 Å². The van der Waals surface area contributed by atoms with Crippen LogP contribution in [0.15, 0.2) is 30.9 Å². The zero-order valence-corrected chi connectivity index (χ0v) is 7.52. The highest BCUT2D eigenvalue weighted by Crippen LogP contribution is 2.02. The normalized spacial score (nSPS) is 10.2. The summed E-state index contributed by atoms with van der Waals surface area (Å²) in [7, 11) is 0. The van der Waals surface area contributed by atoms with Crippen molar-refractivity contribution in [2.75, 3.05) is 0 Å². The van der Waals surface area contributed by atoms with E-state index in [0.29, 0.717) is 11.7 Å². The second-order valence-corrected chi connectivity index (χ2v) is 2.92. The molecule has 0 bridgehead atoms. The first-order valence-corrected chi connectivity index (χ1v) is 4.16. The van der Waals surface area contributed by atoms with Crippen molar-refractivity contribution in [2.24, 2.45) is 0 Å². The number of hydrogen-bond acceptors (Lipinski definition) is 3. The molecule has 2 heterocycles. The Hall–Kier alpha value is -1.42. The minimum atomic E-state index is 0.407. The summed E-state index contributed by atoms with van der Waals surface area (Å²) >= 11 is 5.60. The third kappa shape index (κ3) is 2.03. The predicted octanol–water partition coefficient (Wildman–Crippen LogP) is 1.37. The molecule has 0 spiro atoms. The van der Waals surface area contributed by atoms with E-state index >= 15 is 0 Å². The zero-order chi connectivity index (χ0) is 9.10. The molecule has 0 aromatic carbocycles. The van der Waals surface area contributed by atoms with Crippen molar-refractivity contribution in [1.82, 2.24) is 19.7 Å². The van der Waals surface area contributed by atoms with Crippen molar-refractivity contribution >= 4 is 11.6 Å². The van der Waals surface area contributed by atoms with Gasteiger partial charge in [0.15, 0.2) is 0 Å². The summed E-state index contributed by atoms with van der Waals surface area (Å²) in [6.45, 7) is 0.622. The van der Waals surface area contributed by atoms with E-state index in [1.807, 2.05) is 12.3 Å². The Labute approximate surface area is 80.2 Å². The maximum absolute atomic E-state index is 5.60. The van der Waals surface area contributed by atoms with E-state index in [1.54, 1.807) is 17.1 Å². The predicted molar refractivity (Wildman–Crippen MR) is 48.4 cm³/mol. The molecule has 0 N–H and O–H groups in total. The molecule has 0 aliphatic heterocycles. The van der Waals surface area contributed by atoms with Crippen LogP contribution in [0.5, 0.6) is 0 Å². The molecule has 2 rings (SSSR count). The first kappa shape index (κ1) is 8.19. The monoisotopic (exact) mass is 194 g/mol. The van der Waals surface area contributed by atoms with Crippen LogP contribution in [0.3, 0.4) is 0 Å². The fraction of sp³-hybridized carbons (Fsp3) is 0.125. The molecular formula is C8H7ClN4. The molecule has 2 aromatic heterocycles. The molecule has 0 unspecified atom stereocenters. The molecule has 0 saturated heterocycles. The van der Waals surface area contributed by atoms with Crippen molar-refractivity contribution in [1.29, 1.82) is 0 Å². The van der Waals surface area contributed by atoms with Crippen LogP contribution in [0.1, 0.15) is 5.69 Å². The lowest BCUT2D eigenvalue weighted by Gasteiger charge is -1.99. The van der Waals surface area contributed by atoms with E-state index in [1.165, 1.54) is 6.20 Å². The van der Waals surface area contributed by atoms with Gasteiger partial charge in [-0.05, 0) is 6.07 Å². The third-order valence-corrected chi connectivity index (χ3v) is 1.75. The van der Waals surface area contributed by atoms with Gasteiger partial charge in [0.2, 0.25) is 0 Å². The van der Waals surface area contributed by atoms with Crippen molar-refractivity contribution in [2.45, 2.75) is 6.54 Å². The van der Waals surface area contributed by atoms with Crippen LogP contribution in [0.4, 0.5) is 0 Å². The van der Waals surface area contributed by atoms with E-state index in [-0.39, 0.29) is 0 Å². The highest BCUT2D eigenvalue weighted by molar-refractivity contribution is 6.29. The van der Waals surface area contributed by atoms with Crippen molar-refractivity contribution < 1.29 is 0 Å². The largest absolute Gasteiger partial charge is 0.267 e. The molecule has 0 fully saturated rings. The maximum atomic E-state index is 5.60. The minimum Gasteiger partial charge on any atom is -0.267 e. The Kier molecular flexibility index (Phi) is 2.23. The molecule has 2 aromatic rings. The summed E-state index contributed by atoms with van der Waals surface area (Å²) < 4.78 is 1.78. The Morgan fingerprint density at radius 1 is 1.31 bits per heavy atom. The summed E-state index contributed by atoms with van der Waals surface area (Å²) in [5, 5.41) is 4.46. The highest BCUT2D eigenvalue weighted by atomic mass is 35.5. The van der Waals surface area contributed by atoms with Gasteiger partial charge in [0.25, 0.3) is 0 Å². The Morgan fingerprint density at radius 3 is 2.85 bits per heavy atom. The summed E-state index contributed by atoms with van der Waals surface area (Å²) in [5.41, 5.74) is 0.841. The van der Waals surface area contributed by atoms with Crippen molar-refractivity contribution in [3.63, 3.8) is 0 Å². The molecule has 0 atom stereocenters. The average Bonchev–Trinajstić information content (AvgIpc) is 2.62. The first-order valence-electron chi connectivity index (χ1n) is 3.78. The molecular weight excluding hydrogens is 188 g/mol. The van der Waals surface area contributed by atoms with E-state index in [2.05, 4.69) is 15.1 Å². The van der Waals surface area contributed by atoms with E-state index < -0.39 is 0 Å². The molecule has 66 valence electrons. The Balaban J connectivity index is 2.15. The third-order valence-electron chi connectivity index (χ3n) is 1.56. The fourth-order valence-corrected chi connectivity index (χ4v) is 1.08.